The number of fused-ring (bicyclic) bond motifs is 1. The smallest absolute Gasteiger partial charge is 0.307 e. The SMILES string of the molecule is CC(=O)Nc1c(C)c(CC(=O)O)c(-c2c(OC(C)(C)C)cc3c4c(ccnc24)CCO3)c2ccccc12. The standard InChI is InChI=1S/C30H30N2O5/c1-16-21(14-24(34)35)26(19-8-6-7-9-20(19)28(16)32-17(2)33)27-23(37-30(3,4)5)15-22-25-18(11-13-36-22)10-12-31-29(25)27/h6-10,12,15H,11,13-14H2,1-5H3,(H,32,33)(H,34,35). The zero-order chi connectivity index (χ0) is 26.5. The number of carbonyl (C=O) groups is 2. The second-order valence-corrected chi connectivity index (χ2v) is 10.4. The molecule has 0 radical (unpaired) electrons. The highest BCUT2D eigenvalue weighted by Crippen LogP contribution is 2.49. The van der Waals surface area contributed by atoms with Crippen LogP contribution in [-0.2, 0) is 22.4 Å². The maximum absolute atomic E-state index is 12.2. The van der Waals surface area contributed by atoms with Gasteiger partial charge >= 0.3 is 5.97 Å². The van der Waals surface area contributed by atoms with Crippen LogP contribution in [0.5, 0.6) is 11.5 Å². The summed E-state index contributed by atoms with van der Waals surface area (Å²) in [6, 6.07) is 11.6. The summed E-state index contributed by atoms with van der Waals surface area (Å²) in [4.78, 5) is 29.1. The lowest BCUT2D eigenvalue weighted by atomic mass is 9.85. The average molecular weight is 499 g/mol. The van der Waals surface area contributed by atoms with Gasteiger partial charge in [-0.15, -0.1) is 0 Å². The first-order valence-corrected chi connectivity index (χ1v) is 12.4. The van der Waals surface area contributed by atoms with Crippen LogP contribution in [0.25, 0.3) is 32.8 Å². The summed E-state index contributed by atoms with van der Waals surface area (Å²) < 4.78 is 12.6. The van der Waals surface area contributed by atoms with Gasteiger partial charge in [-0.25, -0.2) is 0 Å². The van der Waals surface area contributed by atoms with Gasteiger partial charge in [-0.3, -0.25) is 14.6 Å². The molecule has 1 aliphatic heterocycles. The third-order valence-electron chi connectivity index (χ3n) is 6.55. The molecule has 190 valence electrons. The van der Waals surface area contributed by atoms with Crippen molar-refractivity contribution in [3.05, 3.63) is 59.3 Å². The van der Waals surface area contributed by atoms with Crippen LogP contribution < -0.4 is 14.8 Å². The van der Waals surface area contributed by atoms with Crippen molar-refractivity contribution < 1.29 is 24.2 Å². The van der Waals surface area contributed by atoms with Gasteiger partial charge in [0.05, 0.1) is 29.8 Å². The molecular weight excluding hydrogens is 468 g/mol. The molecule has 1 aliphatic rings. The molecule has 0 saturated carbocycles. The van der Waals surface area contributed by atoms with Crippen LogP contribution in [0.4, 0.5) is 5.69 Å². The molecule has 0 unspecified atom stereocenters. The van der Waals surface area contributed by atoms with E-state index in [4.69, 9.17) is 14.5 Å². The van der Waals surface area contributed by atoms with Crippen molar-refractivity contribution in [1.82, 2.24) is 4.98 Å². The lowest BCUT2D eigenvalue weighted by Crippen LogP contribution is -2.24. The van der Waals surface area contributed by atoms with E-state index < -0.39 is 11.6 Å². The molecule has 5 rings (SSSR count). The van der Waals surface area contributed by atoms with Gasteiger partial charge in [0.1, 0.15) is 17.1 Å². The van der Waals surface area contributed by atoms with E-state index in [0.29, 0.717) is 40.4 Å². The van der Waals surface area contributed by atoms with Gasteiger partial charge in [0.15, 0.2) is 0 Å². The lowest BCUT2D eigenvalue weighted by Gasteiger charge is -2.28. The number of nitrogens with zero attached hydrogens (tertiary/aromatic N) is 1. The molecule has 0 saturated heterocycles. The van der Waals surface area contributed by atoms with Gasteiger partial charge in [0.25, 0.3) is 0 Å². The maximum Gasteiger partial charge on any atom is 0.307 e. The number of carboxylic acid groups (broad SMARTS) is 1. The molecule has 7 heteroatoms. The lowest BCUT2D eigenvalue weighted by molar-refractivity contribution is -0.136. The summed E-state index contributed by atoms with van der Waals surface area (Å²) in [7, 11) is 0. The number of hydrogen-bond donors (Lipinski definition) is 2. The van der Waals surface area contributed by atoms with E-state index >= 15 is 0 Å². The summed E-state index contributed by atoms with van der Waals surface area (Å²) in [5, 5.41) is 15.4. The summed E-state index contributed by atoms with van der Waals surface area (Å²) >= 11 is 0. The molecule has 0 aliphatic carbocycles. The van der Waals surface area contributed by atoms with Crippen LogP contribution in [-0.4, -0.2) is 34.2 Å². The predicted molar refractivity (Wildman–Crippen MR) is 145 cm³/mol. The Morgan fingerprint density at radius 3 is 2.54 bits per heavy atom. The van der Waals surface area contributed by atoms with Gasteiger partial charge in [-0.1, -0.05) is 24.3 Å². The number of benzene rings is 3. The number of aliphatic carboxylic acids is 1. The largest absolute Gasteiger partial charge is 0.492 e. The normalized spacial score (nSPS) is 12.9. The number of rotatable bonds is 5. The number of hydrogen-bond acceptors (Lipinski definition) is 5. The molecule has 0 fully saturated rings. The summed E-state index contributed by atoms with van der Waals surface area (Å²) in [6.45, 7) is 9.78. The highest BCUT2D eigenvalue weighted by molar-refractivity contribution is 6.15. The van der Waals surface area contributed by atoms with Crippen molar-refractivity contribution in [3.8, 4) is 22.6 Å². The Balaban J connectivity index is 1.99. The van der Waals surface area contributed by atoms with Crippen molar-refractivity contribution >= 4 is 39.2 Å². The van der Waals surface area contributed by atoms with Crippen LogP contribution in [0.15, 0.2) is 42.6 Å². The van der Waals surface area contributed by atoms with Gasteiger partial charge in [-0.2, -0.15) is 0 Å². The number of ether oxygens (including phenoxy) is 2. The van der Waals surface area contributed by atoms with Crippen molar-refractivity contribution in [1.29, 1.82) is 0 Å². The second-order valence-electron chi connectivity index (χ2n) is 10.4. The Labute approximate surface area is 215 Å². The number of aromatic nitrogens is 1. The topological polar surface area (TPSA) is 97.8 Å². The molecule has 37 heavy (non-hydrogen) atoms. The Hall–Kier alpha value is -4.13. The molecule has 1 amide bonds. The van der Waals surface area contributed by atoms with Crippen molar-refractivity contribution in [2.24, 2.45) is 0 Å². The minimum absolute atomic E-state index is 0.223. The van der Waals surface area contributed by atoms with E-state index in [0.717, 1.165) is 39.3 Å². The summed E-state index contributed by atoms with van der Waals surface area (Å²) in [5.74, 6) is 0.0956. The van der Waals surface area contributed by atoms with Gasteiger partial charge in [0.2, 0.25) is 5.91 Å². The predicted octanol–water partition coefficient (Wildman–Crippen LogP) is 6.06. The van der Waals surface area contributed by atoms with Crippen molar-refractivity contribution in [2.75, 3.05) is 11.9 Å². The van der Waals surface area contributed by atoms with Crippen molar-refractivity contribution in [3.63, 3.8) is 0 Å². The number of carboxylic acids is 1. The fourth-order valence-corrected chi connectivity index (χ4v) is 5.21. The van der Waals surface area contributed by atoms with Crippen LogP contribution >= 0.6 is 0 Å². The fraction of sp³-hybridized carbons (Fsp3) is 0.300. The first-order valence-electron chi connectivity index (χ1n) is 12.4. The minimum atomic E-state index is -0.967. The number of pyridine rings is 1. The monoisotopic (exact) mass is 498 g/mol. The van der Waals surface area contributed by atoms with Crippen LogP contribution in [0, 0.1) is 6.92 Å². The van der Waals surface area contributed by atoms with E-state index in [9.17, 15) is 14.7 Å². The third-order valence-corrected chi connectivity index (χ3v) is 6.55. The van der Waals surface area contributed by atoms with Gasteiger partial charge in [-0.05, 0) is 61.4 Å². The molecule has 4 aromatic rings. The summed E-state index contributed by atoms with van der Waals surface area (Å²) in [6.07, 6.45) is 2.32. The van der Waals surface area contributed by atoms with E-state index in [2.05, 4.69) is 5.32 Å². The number of amides is 1. The zero-order valence-corrected chi connectivity index (χ0v) is 21.7. The number of nitrogens with one attached hydrogen (secondary N) is 1. The Bertz CT molecular complexity index is 1580. The quantitative estimate of drug-likeness (QED) is 0.347. The zero-order valence-electron chi connectivity index (χ0n) is 21.7. The highest BCUT2D eigenvalue weighted by atomic mass is 16.5. The van der Waals surface area contributed by atoms with Crippen LogP contribution in [0.2, 0.25) is 0 Å². The molecule has 0 spiro atoms. The molecule has 0 bridgehead atoms. The molecular formula is C30H30N2O5. The molecule has 2 N–H and O–H groups in total. The fourth-order valence-electron chi connectivity index (χ4n) is 5.21. The van der Waals surface area contributed by atoms with E-state index in [1.165, 1.54) is 6.92 Å². The maximum atomic E-state index is 12.2. The Kier molecular flexibility index (Phi) is 6.02. The summed E-state index contributed by atoms with van der Waals surface area (Å²) in [5.41, 5.74) is 4.69. The van der Waals surface area contributed by atoms with Crippen LogP contribution in [0.3, 0.4) is 0 Å². The minimum Gasteiger partial charge on any atom is -0.492 e. The first-order chi connectivity index (χ1) is 17.5. The van der Waals surface area contributed by atoms with E-state index in [1.807, 2.05) is 64.1 Å². The van der Waals surface area contributed by atoms with E-state index in [-0.39, 0.29) is 12.3 Å². The molecule has 1 aromatic heterocycles. The molecule has 3 aromatic carbocycles. The second kappa shape index (κ2) is 9.07. The van der Waals surface area contributed by atoms with E-state index in [1.54, 1.807) is 6.20 Å². The Morgan fingerprint density at radius 2 is 1.86 bits per heavy atom. The van der Waals surface area contributed by atoms with Gasteiger partial charge in [0, 0.05) is 36.4 Å². The van der Waals surface area contributed by atoms with Crippen molar-refractivity contribution in [2.45, 2.75) is 53.1 Å². The number of anilines is 1. The Morgan fingerprint density at radius 1 is 1.14 bits per heavy atom. The van der Waals surface area contributed by atoms with Crippen LogP contribution in [0.1, 0.15) is 44.4 Å². The number of carbonyl (C=O) groups excluding carboxylic acids is 1. The molecule has 7 nitrogen and oxygen atoms in total. The first kappa shape index (κ1) is 24.6. The molecule has 2 heterocycles. The highest BCUT2D eigenvalue weighted by Gasteiger charge is 2.29. The molecule has 0 atom stereocenters. The average Bonchev–Trinajstić information content (AvgIpc) is 2.82. The third kappa shape index (κ3) is 4.46. The van der Waals surface area contributed by atoms with Gasteiger partial charge < -0.3 is 19.9 Å².